The Hall–Kier alpha value is -1.75. The van der Waals surface area contributed by atoms with Gasteiger partial charge in [0.15, 0.2) is 0 Å². The van der Waals surface area contributed by atoms with Gasteiger partial charge in [-0.1, -0.05) is 23.7 Å². The van der Waals surface area contributed by atoms with E-state index in [1.165, 1.54) is 0 Å². The highest BCUT2D eigenvalue weighted by Crippen LogP contribution is 2.10. The van der Waals surface area contributed by atoms with Crippen LogP contribution in [0.15, 0.2) is 24.3 Å². The average molecular weight is 313 g/mol. The van der Waals surface area contributed by atoms with E-state index in [0.717, 1.165) is 5.56 Å². The maximum Gasteiger partial charge on any atom is 0.408 e. The molecule has 5 nitrogen and oxygen atoms in total. The van der Waals surface area contributed by atoms with Gasteiger partial charge in [0.25, 0.3) is 0 Å². The van der Waals surface area contributed by atoms with Gasteiger partial charge in [0.2, 0.25) is 5.91 Å². The minimum atomic E-state index is -0.604. The monoisotopic (exact) mass is 312 g/mol. The van der Waals surface area contributed by atoms with Crippen molar-refractivity contribution in [3.8, 4) is 0 Å². The predicted molar refractivity (Wildman–Crippen MR) is 82.4 cm³/mol. The first kappa shape index (κ1) is 17.3. The van der Waals surface area contributed by atoms with E-state index in [0.29, 0.717) is 18.0 Å². The lowest BCUT2D eigenvalue weighted by Gasteiger charge is -2.19. The zero-order valence-electron chi connectivity index (χ0n) is 12.5. The van der Waals surface area contributed by atoms with E-state index in [1.54, 1.807) is 26.8 Å². The summed E-state index contributed by atoms with van der Waals surface area (Å²) in [5, 5.41) is 5.79. The first-order valence-electron chi connectivity index (χ1n) is 6.74. The molecule has 0 radical (unpaired) electrons. The molecular weight excluding hydrogens is 292 g/mol. The molecule has 0 spiro atoms. The SMILES string of the molecule is CC(C)(C)OC(=O)NCC(=O)NCCc1cccc(Cl)c1. The predicted octanol–water partition coefficient (Wildman–Crippen LogP) is 2.52. The Morgan fingerprint density at radius 1 is 1.24 bits per heavy atom. The summed E-state index contributed by atoms with van der Waals surface area (Å²) in [5.41, 5.74) is 0.468. The second kappa shape index (κ2) is 7.88. The maximum atomic E-state index is 11.6. The molecule has 0 aliphatic heterocycles. The molecule has 1 aromatic carbocycles. The van der Waals surface area contributed by atoms with Gasteiger partial charge >= 0.3 is 6.09 Å². The molecule has 1 aromatic rings. The zero-order valence-corrected chi connectivity index (χ0v) is 13.3. The van der Waals surface area contributed by atoms with Crippen molar-refractivity contribution in [2.24, 2.45) is 0 Å². The van der Waals surface area contributed by atoms with Crippen LogP contribution in [0.25, 0.3) is 0 Å². The summed E-state index contributed by atoms with van der Waals surface area (Å²) in [7, 11) is 0. The van der Waals surface area contributed by atoms with Crippen molar-refractivity contribution >= 4 is 23.6 Å². The van der Waals surface area contributed by atoms with Crippen LogP contribution in [0.1, 0.15) is 26.3 Å². The Morgan fingerprint density at radius 2 is 1.95 bits per heavy atom. The van der Waals surface area contributed by atoms with Crippen molar-refractivity contribution in [1.29, 1.82) is 0 Å². The molecule has 0 aliphatic rings. The number of alkyl carbamates (subject to hydrolysis) is 1. The van der Waals surface area contributed by atoms with Crippen LogP contribution in [0.3, 0.4) is 0 Å². The zero-order chi connectivity index (χ0) is 15.9. The van der Waals surface area contributed by atoms with Gasteiger partial charge in [-0.15, -0.1) is 0 Å². The number of nitrogens with one attached hydrogen (secondary N) is 2. The Kier molecular flexibility index (Phi) is 6.49. The number of ether oxygens (including phenoxy) is 1. The highest BCUT2D eigenvalue weighted by atomic mass is 35.5. The number of hydrogen-bond acceptors (Lipinski definition) is 3. The molecule has 0 unspecified atom stereocenters. The molecule has 0 aromatic heterocycles. The van der Waals surface area contributed by atoms with Crippen LogP contribution in [0.2, 0.25) is 5.02 Å². The molecular formula is C15H21ClN2O3. The molecule has 0 bridgehead atoms. The van der Waals surface area contributed by atoms with E-state index in [4.69, 9.17) is 16.3 Å². The lowest BCUT2D eigenvalue weighted by atomic mass is 10.1. The molecule has 2 amide bonds. The van der Waals surface area contributed by atoms with E-state index < -0.39 is 11.7 Å². The lowest BCUT2D eigenvalue weighted by molar-refractivity contribution is -0.120. The Morgan fingerprint density at radius 3 is 2.57 bits per heavy atom. The number of carbonyl (C=O) groups is 2. The molecule has 6 heteroatoms. The molecule has 21 heavy (non-hydrogen) atoms. The molecule has 2 N–H and O–H groups in total. The first-order valence-corrected chi connectivity index (χ1v) is 7.12. The van der Waals surface area contributed by atoms with Crippen molar-refractivity contribution in [2.45, 2.75) is 32.8 Å². The van der Waals surface area contributed by atoms with E-state index in [9.17, 15) is 9.59 Å². The van der Waals surface area contributed by atoms with Gasteiger partial charge in [0.05, 0.1) is 6.54 Å². The molecule has 0 fully saturated rings. The lowest BCUT2D eigenvalue weighted by Crippen LogP contribution is -2.40. The normalized spacial score (nSPS) is 10.9. The maximum absolute atomic E-state index is 11.6. The van der Waals surface area contributed by atoms with Gasteiger partial charge in [0.1, 0.15) is 5.60 Å². The molecule has 0 heterocycles. The van der Waals surface area contributed by atoms with Crippen LogP contribution in [0.5, 0.6) is 0 Å². The second-order valence-electron chi connectivity index (χ2n) is 5.59. The first-order chi connectivity index (χ1) is 9.76. The largest absolute Gasteiger partial charge is 0.444 e. The number of rotatable bonds is 5. The molecule has 116 valence electrons. The van der Waals surface area contributed by atoms with E-state index in [-0.39, 0.29) is 12.5 Å². The van der Waals surface area contributed by atoms with Gasteiger partial charge < -0.3 is 15.4 Å². The molecule has 0 aliphatic carbocycles. The van der Waals surface area contributed by atoms with Crippen molar-refractivity contribution in [1.82, 2.24) is 10.6 Å². The van der Waals surface area contributed by atoms with Gasteiger partial charge in [-0.3, -0.25) is 4.79 Å². The standard InChI is InChI=1S/C15H21ClN2O3/c1-15(2,3)21-14(20)18-10-13(19)17-8-7-11-5-4-6-12(16)9-11/h4-6,9H,7-8,10H2,1-3H3,(H,17,19)(H,18,20). The van der Waals surface area contributed by atoms with Gasteiger partial charge in [-0.05, 0) is 44.9 Å². The van der Waals surface area contributed by atoms with Crippen molar-refractivity contribution in [3.05, 3.63) is 34.9 Å². The van der Waals surface area contributed by atoms with E-state index in [2.05, 4.69) is 10.6 Å². The van der Waals surface area contributed by atoms with Gasteiger partial charge in [-0.25, -0.2) is 4.79 Å². The number of amides is 2. The van der Waals surface area contributed by atoms with E-state index in [1.807, 2.05) is 18.2 Å². The summed E-state index contributed by atoms with van der Waals surface area (Å²) >= 11 is 5.87. The van der Waals surface area contributed by atoms with Crippen molar-refractivity contribution in [2.75, 3.05) is 13.1 Å². The Bertz CT molecular complexity index is 498. The molecule has 0 saturated heterocycles. The Labute approximate surface area is 130 Å². The number of benzene rings is 1. The van der Waals surface area contributed by atoms with E-state index >= 15 is 0 Å². The van der Waals surface area contributed by atoms with Crippen LogP contribution in [0.4, 0.5) is 4.79 Å². The third kappa shape index (κ3) is 8.19. The quantitative estimate of drug-likeness (QED) is 0.878. The molecule has 0 saturated carbocycles. The van der Waals surface area contributed by atoms with Gasteiger partial charge in [-0.2, -0.15) is 0 Å². The van der Waals surface area contributed by atoms with Crippen LogP contribution in [-0.4, -0.2) is 30.7 Å². The highest BCUT2D eigenvalue weighted by Gasteiger charge is 2.16. The third-order valence-electron chi connectivity index (χ3n) is 2.42. The Balaban J connectivity index is 2.21. The summed E-state index contributed by atoms with van der Waals surface area (Å²) in [6, 6.07) is 7.46. The van der Waals surface area contributed by atoms with Crippen LogP contribution < -0.4 is 10.6 Å². The summed E-state index contributed by atoms with van der Waals surface area (Å²) in [6.45, 7) is 5.66. The fraction of sp³-hybridized carbons (Fsp3) is 0.467. The minimum absolute atomic E-state index is 0.107. The summed E-state index contributed by atoms with van der Waals surface area (Å²) < 4.78 is 5.03. The topological polar surface area (TPSA) is 67.4 Å². The van der Waals surface area contributed by atoms with Gasteiger partial charge in [0, 0.05) is 11.6 Å². The van der Waals surface area contributed by atoms with Crippen LogP contribution in [-0.2, 0) is 16.0 Å². The van der Waals surface area contributed by atoms with Crippen LogP contribution in [0, 0.1) is 0 Å². The third-order valence-corrected chi connectivity index (χ3v) is 2.65. The number of hydrogen-bond donors (Lipinski definition) is 2. The smallest absolute Gasteiger partial charge is 0.408 e. The number of carbonyl (C=O) groups excluding carboxylic acids is 2. The molecule has 0 atom stereocenters. The summed E-state index contributed by atoms with van der Waals surface area (Å²) in [4.78, 5) is 22.9. The van der Waals surface area contributed by atoms with Crippen molar-refractivity contribution in [3.63, 3.8) is 0 Å². The fourth-order valence-corrected chi connectivity index (χ4v) is 1.78. The number of halogens is 1. The highest BCUT2D eigenvalue weighted by molar-refractivity contribution is 6.30. The minimum Gasteiger partial charge on any atom is -0.444 e. The molecule has 1 rings (SSSR count). The summed E-state index contributed by atoms with van der Waals surface area (Å²) in [5.74, 6) is -0.261. The second-order valence-corrected chi connectivity index (χ2v) is 6.02. The van der Waals surface area contributed by atoms with Crippen LogP contribution >= 0.6 is 11.6 Å². The van der Waals surface area contributed by atoms with Crippen molar-refractivity contribution < 1.29 is 14.3 Å². The average Bonchev–Trinajstić information content (AvgIpc) is 2.34. The fourth-order valence-electron chi connectivity index (χ4n) is 1.57. The summed E-state index contributed by atoms with van der Waals surface area (Å²) in [6.07, 6.45) is 0.0751.